The first-order valence-corrected chi connectivity index (χ1v) is 10.9. The van der Waals surface area contributed by atoms with Crippen molar-refractivity contribution in [1.82, 2.24) is 20.1 Å². The summed E-state index contributed by atoms with van der Waals surface area (Å²) in [6, 6.07) is 21.5. The molecule has 0 radical (unpaired) electrons. The van der Waals surface area contributed by atoms with Crippen molar-refractivity contribution in [2.24, 2.45) is 0 Å². The van der Waals surface area contributed by atoms with E-state index < -0.39 is 5.54 Å². The van der Waals surface area contributed by atoms with Gasteiger partial charge in [-0.05, 0) is 48.5 Å². The van der Waals surface area contributed by atoms with Crippen LogP contribution in [0.25, 0.3) is 21.0 Å². The van der Waals surface area contributed by atoms with Crippen molar-refractivity contribution >= 4 is 44.3 Å². The van der Waals surface area contributed by atoms with Crippen LogP contribution in [0.5, 0.6) is 0 Å². The number of nitrogens with one attached hydrogen (secondary N) is 1. The molecule has 31 heavy (non-hydrogen) atoms. The maximum absolute atomic E-state index is 13.3. The number of rotatable bonds is 5. The number of fused-ring (bicyclic) bond motifs is 2. The van der Waals surface area contributed by atoms with Crippen molar-refractivity contribution in [2.45, 2.75) is 19.0 Å². The number of para-hydroxylation sites is 1. The average Bonchev–Trinajstić information content (AvgIpc) is 3.27. The van der Waals surface area contributed by atoms with Crippen molar-refractivity contribution in [1.29, 1.82) is 0 Å². The number of thiazole rings is 1. The Labute approximate surface area is 184 Å². The second-order valence-corrected chi connectivity index (χ2v) is 9.20. The predicted octanol–water partition coefficient (Wildman–Crippen LogP) is 4.31. The summed E-state index contributed by atoms with van der Waals surface area (Å²) in [7, 11) is 1.89. The highest BCUT2D eigenvalue weighted by molar-refractivity contribution is 7.18. The first kappa shape index (κ1) is 19.7. The van der Waals surface area contributed by atoms with E-state index in [-0.39, 0.29) is 18.6 Å². The van der Waals surface area contributed by atoms with Gasteiger partial charge in [0.05, 0.1) is 23.4 Å². The third-order valence-corrected chi connectivity index (χ3v) is 6.75. The lowest BCUT2D eigenvalue weighted by Crippen LogP contribution is -2.42. The quantitative estimate of drug-likeness (QED) is 0.479. The molecule has 0 saturated carbocycles. The van der Waals surface area contributed by atoms with Gasteiger partial charge in [-0.3, -0.25) is 9.69 Å². The van der Waals surface area contributed by atoms with Gasteiger partial charge in [0, 0.05) is 0 Å². The van der Waals surface area contributed by atoms with E-state index in [1.165, 1.54) is 4.90 Å². The lowest BCUT2D eigenvalue weighted by atomic mass is 9.90. The van der Waals surface area contributed by atoms with Gasteiger partial charge in [0.2, 0.25) is 0 Å². The number of aromatic nitrogens is 1. The summed E-state index contributed by atoms with van der Waals surface area (Å²) in [5.41, 5.74) is 0.660. The fourth-order valence-electron chi connectivity index (χ4n) is 4.03. The topological polar surface area (TPSA) is 65.5 Å². The maximum Gasteiger partial charge on any atom is 0.326 e. The Morgan fingerprint density at radius 3 is 2.58 bits per heavy atom. The van der Waals surface area contributed by atoms with Crippen LogP contribution in [0.1, 0.15) is 17.5 Å². The Balaban J connectivity index is 1.35. The van der Waals surface area contributed by atoms with Gasteiger partial charge in [-0.2, -0.15) is 0 Å². The van der Waals surface area contributed by atoms with Crippen LogP contribution < -0.4 is 5.32 Å². The zero-order valence-electron chi connectivity index (χ0n) is 17.3. The molecule has 5 rings (SSSR count). The Morgan fingerprint density at radius 1 is 1.03 bits per heavy atom. The van der Waals surface area contributed by atoms with Crippen LogP contribution in [-0.2, 0) is 16.9 Å². The van der Waals surface area contributed by atoms with Crippen LogP contribution in [-0.4, -0.2) is 40.4 Å². The van der Waals surface area contributed by atoms with Crippen molar-refractivity contribution in [2.75, 3.05) is 13.7 Å². The Bertz CT molecular complexity index is 1280. The van der Waals surface area contributed by atoms with E-state index in [4.69, 9.17) is 0 Å². The molecule has 1 aromatic heterocycles. The number of urea groups is 1. The molecule has 4 aromatic rings. The number of imide groups is 1. The van der Waals surface area contributed by atoms with Crippen LogP contribution in [0.3, 0.4) is 0 Å². The van der Waals surface area contributed by atoms with Gasteiger partial charge in [0.1, 0.15) is 10.5 Å². The normalized spacial score (nSPS) is 19.0. The molecule has 1 atom stereocenters. The highest BCUT2D eigenvalue weighted by Gasteiger charge is 2.49. The number of benzene rings is 3. The summed E-state index contributed by atoms with van der Waals surface area (Å²) in [5.74, 6) is -0.246. The summed E-state index contributed by atoms with van der Waals surface area (Å²) < 4.78 is 1.13. The maximum atomic E-state index is 13.3. The fourth-order valence-corrected chi connectivity index (χ4v) is 5.08. The molecule has 1 fully saturated rings. The van der Waals surface area contributed by atoms with Crippen LogP contribution in [0, 0.1) is 0 Å². The van der Waals surface area contributed by atoms with Crippen LogP contribution in [0.15, 0.2) is 66.7 Å². The molecule has 0 spiro atoms. The van der Waals surface area contributed by atoms with E-state index in [2.05, 4.69) is 10.3 Å². The fraction of sp³-hybridized carbons (Fsp3) is 0.208. The molecule has 1 N–H and O–H groups in total. The van der Waals surface area contributed by atoms with Crippen molar-refractivity contribution in [3.05, 3.63) is 77.3 Å². The van der Waals surface area contributed by atoms with Gasteiger partial charge in [-0.15, -0.1) is 11.3 Å². The molecule has 0 aliphatic carbocycles. The van der Waals surface area contributed by atoms with Gasteiger partial charge in [0.25, 0.3) is 5.91 Å². The standard InChI is InChI=1S/C24H22N4O2S/c1-24(18-12-11-16-7-3-4-8-17(16)13-18)22(29)28(23(30)26-24)15-27(2)14-21-25-19-9-5-6-10-20(19)31-21/h3-13H,14-15H2,1-2H3,(H,26,30)/t24-/m0/s1. The number of amides is 3. The van der Waals surface area contributed by atoms with E-state index in [9.17, 15) is 9.59 Å². The minimum Gasteiger partial charge on any atom is -0.319 e. The second kappa shape index (κ2) is 7.44. The van der Waals surface area contributed by atoms with Gasteiger partial charge >= 0.3 is 6.03 Å². The summed E-state index contributed by atoms with van der Waals surface area (Å²) in [6.07, 6.45) is 0. The molecule has 7 heteroatoms. The first-order chi connectivity index (χ1) is 14.9. The minimum absolute atomic E-state index is 0.198. The molecule has 1 aliphatic heterocycles. The second-order valence-electron chi connectivity index (χ2n) is 8.08. The number of carbonyl (C=O) groups excluding carboxylic acids is 2. The predicted molar refractivity (Wildman–Crippen MR) is 123 cm³/mol. The smallest absolute Gasteiger partial charge is 0.319 e. The van der Waals surface area contributed by atoms with Gasteiger partial charge < -0.3 is 5.32 Å². The molecule has 0 unspecified atom stereocenters. The van der Waals surface area contributed by atoms with Crippen LogP contribution >= 0.6 is 11.3 Å². The number of hydrogen-bond acceptors (Lipinski definition) is 5. The summed E-state index contributed by atoms with van der Waals surface area (Å²) >= 11 is 1.63. The number of carbonyl (C=O) groups is 2. The van der Waals surface area contributed by atoms with E-state index in [0.717, 1.165) is 31.6 Å². The van der Waals surface area contributed by atoms with Gasteiger partial charge in [-0.1, -0.05) is 48.5 Å². The van der Waals surface area contributed by atoms with E-state index >= 15 is 0 Å². The van der Waals surface area contributed by atoms with Gasteiger partial charge in [-0.25, -0.2) is 14.7 Å². The van der Waals surface area contributed by atoms with Crippen molar-refractivity contribution in [3.8, 4) is 0 Å². The van der Waals surface area contributed by atoms with Crippen molar-refractivity contribution < 1.29 is 9.59 Å². The molecule has 1 saturated heterocycles. The number of hydrogen-bond donors (Lipinski definition) is 1. The van der Waals surface area contributed by atoms with E-state index in [1.54, 1.807) is 18.3 Å². The Morgan fingerprint density at radius 2 is 1.77 bits per heavy atom. The highest BCUT2D eigenvalue weighted by atomic mass is 32.1. The van der Waals surface area contributed by atoms with Crippen molar-refractivity contribution in [3.63, 3.8) is 0 Å². The largest absolute Gasteiger partial charge is 0.326 e. The molecule has 1 aliphatic rings. The van der Waals surface area contributed by atoms with E-state index in [1.807, 2.05) is 78.7 Å². The molecule has 6 nitrogen and oxygen atoms in total. The summed E-state index contributed by atoms with van der Waals surface area (Å²) in [4.78, 5) is 33.9. The highest BCUT2D eigenvalue weighted by Crippen LogP contribution is 2.31. The van der Waals surface area contributed by atoms with Gasteiger partial charge in [0.15, 0.2) is 0 Å². The average molecular weight is 431 g/mol. The molecule has 3 amide bonds. The summed E-state index contributed by atoms with van der Waals surface area (Å²) in [6.45, 7) is 2.53. The van der Waals surface area contributed by atoms with Crippen LogP contribution in [0.4, 0.5) is 4.79 Å². The molecule has 0 bridgehead atoms. The molecule has 156 valence electrons. The zero-order chi connectivity index (χ0) is 21.6. The SMILES string of the molecule is CN(Cc1nc2ccccc2s1)CN1C(=O)N[C@@](C)(c2ccc3ccccc3c2)C1=O. The third-order valence-electron chi connectivity index (χ3n) is 5.73. The minimum atomic E-state index is -1.09. The molecule has 2 heterocycles. The summed E-state index contributed by atoms with van der Waals surface area (Å²) in [5, 5.41) is 5.98. The third kappa shape index (κ3) is 3.45. The van der Waals surface area contributed by atoms with E-state index in [0.29, 0.717) is 6.54 Å². The van der Waals surface area contributed by atoms with Crippen LogP contribution in [0.2, 0.25) is 0 Å². The lowest BCUT2D eigenvalue weighted by molar-refractivity contribution is -0.132. The monoisotopic (exact) mass is 430 g/mol. The molecule has 3 aromatic carbocycles. The molecular formula is C24H22N4O2S. The molecular weight excluding hydrogens is 408 g/mol. The number of nitrogens with zero attached hydrogens (tertiary/aromatic N) is 3. The Kier molecular flexibility index (Phi) is 4.72. The first-order valence-electron chi connectivity index (χ1n) is 10.1. The lowest BCUT2D eigenvalue weighted by Gasteiger charge is -2.24. The zero-order valence-corrected chi connectivity index (χ0v) is 18.1. The Hall–Kier alpha value is -3.29.